The molecule has 0 radical (unpaired) electrons. The SMILES string of the molecule is CCN(C(=O)c1cnc(-c2ccc(C)cc2)[nH]c1=O)C1CCS(=O)(=O)C1. The number of nitrogens with zero attached hydrogens (tertiary/aromatic N) is 2. The Hall–Kier alpha value is -2.48. The number of hydrogen-bond donors (Lipinski definition) is 1. The molecule has 26 heavy (non-hydrogen) atoms. The van der Waals surface area contributed by atoms with Gasteiger partial charge in [-0.1, -0.05) is 29.8 Å². The van der Waals surface area contributed by atoms with Crippen LogP contribution in [-0.2, 0) is 9.84 Å². The molecule has 3 rings (SSSR count). The van der Waals surface area contributed by atoms with E-state index in [1.54, 1.807) is 6.92 Å². The molecule has 1 aromatic carbocycles. The molecule has 1 unspecified atom stereocenters. The van der Waals surface area contributed by atoms with Gasteiger partial charge in [-0.05, 0) is 20.3 Å². The fraction of sp³-hybridized carbons (Fsp3) is 0.389. The Morgan fingerprint density at radius 2 is 2.00 bits per heavy atom. The molecule has 1 aromatic heterocycles. The summed E-state index contributed by atoms with van der Waals surface area (Å²) in [6, 6.07) is 7.11. The summed E-state index contributed by atoms with van der Waals surface area (Å²) < 4.78 is 23.4. The van der Waals surface area contributed by atoms with Crippen molar-refractivity contribution in [2.24, 2.45) is 0 Å². The summed E-state index contributed by atoms with van der Waals surface area (Å²) in [5.74, 6) is -0.0845. The van der Waals surface area contributed by atoms with Gasteiger partial charge >= 0.3 is 0 Å². The van der Waals surface area contributed by atoms with Gasteiger partial charge in [-0.3, -0.25) is 9.59 Å². The monoisotopic (exact) mass is 375 g/mol. The second-order valence-corrected chi connectivity index (χ2v) is 8.72. The number of aromatic amines is 1. The maximum absolute atomic E-state index is 12.8. The number of benzene rings is 1. The van der Waals surface area contributed by atoms with Crippen molar-refractivity contribution in [1.29, 1.82) is 0 Å². The lowest BCUT2D eigenvalue weighted by Crippen LogP contribution is -2.43. The highest BCUT2D eigenvalue weighted by Crippen LogP contribution is 2.19. The van der Waals surface area contributed by atoms with Gasteiger partial charge in [0.05, 0.1) is 11.5 Å². The minimum atomic E-state index is -3.12. The lowest BCUT2D eigenvalue weighted by atomic mass is 10.1. The molecule has 1 atom stereocenters. The number of aromatic nitrogens is 2. The van der Waals surface area contributed by atoms with Gasteiger partial charge < -0.3 is 9.88 Å². The molecule has 1 aliphatic heterocycles. The van der Waals surface area contributed by atoms with Crippen LogP contribution in [0.4, 0.5) is 0 Å². The van der Waals surface area contributed by atoms with Crippen molar-refractivity contribution in [2.45, 2.75) is 26.3 Å². The van der Waals surface area contributed by atoms with E-state index < -0.39 is 27.3 Å². The summed E-state index contributed by atoms with van der Waals surface area (Å²) in [7, 11) is -3.12. The highest BCUT2D eigenvalue weighted by atomic mass is 32.2. The number of carbonyl (C=O) groups excluding carboxylic acids is 1. The topological polar surface area (TPSA) is 100 Å². The van der Waals surface area contributed by atoms with Crippen LogP contribution in [0, 0.1) is 6.92 Å². The van der Waals surface area contributed by atoms with Crippen LogP contribution in [0.15, 0.2) is 35.3 Å². The van der Waals surface area contributed by atoms with E-state index in [2.05, 4.69) is 9.97 Å². The third kappa shape index (κ3) is 3.70. The lowest BCUT2D eigenvalue weighted by molar-refractivity contribution is 0.0706. The molecule has 1 amide bonds. The van der Waals surface area contributed by atoms with Crippen molar-refractivity contribution < 1.29 is 13.2 Å². The van der Waals surface area contributed by atoms with Crippen molar-refractivity contribution in [1.82, 2.24) is 14.9 Å². The molecule has 1 fully saturated rings. The van der Waals surface area contributed by atoms with Crippen LogP contribution in [-0.4, -0.2) is 53.3 Å². The van der Waals surface area contributed by atoms with E-state index in [1.807, 2.05) is 31.2 Å². The molecular formula is C18H21N3O4S. The van der Waals surface area contributed by atoms with Gasteiger partial charge in [-0.15, -0.1) is 0 Å². The quantitative estimate of drug-likeness (QED) is 0.870. The van der Waals surface area contributed by atoms with Crippen LogP contribution < -0.4 is 5.56 Å². The Bertz CT molecular complexity index is 980. The number of nitrogens with one attached hydrogen (secondary N) is 1. The predicted molar refractivity (Wildman–Crippen MR) is 98.8 cm³/mol. The second kappa shape index (κ2) is 7.03. The largest absolute Gasteiger partial charge is 0.335 e. The molecule has 2 heterocycles. The first-order valence-electron chi connectivity index (χ1n) is 8.48. The van der Waals surface area contributed by atoms with Gasteiger partial charge in [0.25, 0.3) is 11.5 Å². The lowest BCUT2D eigenvalue weighted by Gasteiger charge is -2.26. The Morgan fingerprint density at radius 1 is 1.31 bits per heavy atom. The van der Waals surface area contributed by atoms with E-state index in [9.17, 15) is 18.0 Å². The minimum absolute atomic E-state index is 0.0562. The van der Waals surface area contributed by atoms with Crippen LogP contribution in [0.3, 0.4) is 0 Å². The van der Waals surface area contributed by atoms with Crippen molar-refractivity contribution in [3.63, 3.8) is 0 Å². The van der Waals surface area contributed by atoms with Crippen LogP contribution >= 0.6 is 0 Å². The standard InChI is InChI=1S/C18H21N3O4S/c1-3-21(14-8-9-26(24,25)11-14)18(23)15-10-19-16(20-17(15)22)13-6-4-12(2)5-7-13/h4-7,10,14H,3,8-9,11H2,1-2H3,(H,19,20,22). The summed E-state index contributed by atoms with van der Waals surface area (Å²) in [4.78, 5) is 33.5. The molecule has 0 bridgehead atoms. The Kier molecular flexibility index (Phi) is 4.95. The fourth-order valence-electron chi connectivity index (χ4n) is 3.15. The van der Waals surface area contributed by atoms with Gasteiger partial charge in [0.2, 0.25) is 0 Å². The van der Waals surface area contributed by atoms with E-state index in [-0.39, 0.29) is 17.1 Å². The normalized spacial score (nSPS) is 18.6. The molecule has 2 aromatic rings. The van der Waals surface area contributed by atoms with E-state index in [0.29, 0.717) is 18.8 Å². The molecule has 1 saturated heterocycles. The number of hydrogen-bond acceptors (Lipinski definition) is 5. The molecule has 8 heteroatoms. The molecule has 1 N–H and O–H groups in total. The van der Waals surface area contributed by atoms with Crippen molar-refractivity contribution in [2.75, 3.05) is 18.1 Å². The maximum Gasteiger partial charge on any atom is 0.264 e. The summed E-state index contributed by atoms with van der Waals surface area (Å²) in [6.45, 7) is 4.06. The van der Waals surface area contributed by atoms with E-state index in [0.717, 1.165) is 11.1 Å². The van der Waals surface area contributed by atoms with Crippen LogP contribution in [0.25, 0.3) is 11.4 Å². The molecule has 0 saturated carbocycles. The highest BCUT2D eigenvalue weighted by Gasteiger charge is 2.35. The number of aryl methyl sites for hydroxylation is 1. The zero-order valence-corrected chi connectivity index (χ0v) is 15.5. The third-order valence-electron chi connectivity index (χ3n) is 4.61. The van der Waals surface area contributed by atoms with Gasteiger partial charge in [0.15, 0.2) is 9.84 Å². The molecule has 7 nitrogen and oxygen atoms in total. The van der Waals surface area contributed by atoms with Gasteiger partial charge in [-0.2, -0.15) is 0 Å². The van der Waals surface area contributed by atoms with Crippen molar-refractivity contribution in [3.05, 3.63) is 51.9 Å². The van der Waals surface area contributed by atoms with Crippen molar-refractivity contribution >= 4 is 15.7 Å². The zero-order chi connectivity index (χ0) is 18.9. The molecule has 0 aliphatic carbocycles. The molecule has 1 aliphatic rings. The average molecular weight is 375 g/mol. The Labute approximate surface area is 152 Å². The number of carbonyl (C=O) groups is 1. The summed E-state index contributed by atoms with van der Waals surface area (Å²) >= 11 is 0. The predicted octanol–water partition coefficient (Wildman–Crippen LogP) is 1.39. The number of rotatable bonds is 4. The van der Waals surface area contributed by atoms with Crippen molar-refractivity contribution in [3.8, 4) is 11.4 Å². The van der Waals surface area contributed by atoms with Gasteiger partial charge in [0, 0.05) is 24.3 Å². The summed E-state index contributed by atoms with van der Waals surface area (Å²) in [6.07, 6.45) is 1.66. The van der Waals surface area contributed by atoms with E-state index in [4.69, 9.17) is 0 Å². The van der Waals surface area contributed by atoms with Gasteiger partial charge in [-0.25, -0.2) is 13.4 Å². The number of H-pyrrole nitrogens is 1. The zero-order valence-electron chi connectivity index (χ0n) is 14.7. The van der Waals surface area contributed by atoms with Crippen LogP contribution in [0.5, 0.6) is 0 Å². The minimum Gasteiger partial charge on any atom is -0.335 e. The second-order valence-electron chi connectivity index (χ2n) is 6.49. The van der Waals surface area contributed by atoms with E-state index >= 15 is 0 Å². The first kappa shape index (κ1) is 18.3. The smallest absolute Gasteiger partial charge is 0.264 e. The summed E-state index contributed by atoms with van der Waals surface area (Å²) in [5.41, 5.74) is 1.24. The Morgan fingerprint density at radius 3 is 2.54 bits per heavy atom. The van der Waals surface area contributed by atoms with E-state index in [1.165, 1.54) is 11.1 Å². The van der Waals surface area contributed by atoms with Gasteiger partial charge in [0.1, 0.15) is 11.4 Å². The molecule has 0 spiro atoms. The summed E-state index contributed by atoms with van der Waals surface area (Å²) in [5, 5.41) is 0. The number of amides is 1. The third-order valence-corrected chi connectivity index (χ3v) is 6.36. The van der Waals surface area contributed by atoms with Crippen LogP contribution in [0.1, 0.15) is 29.3 Å². The molecule has 138 valence electrons. The fourth-order valence-corrected chi connectivity index (χ4v) is 4.88. The molecular weight excluding hydrogens is 354 g/mol. The Balaban J connectivity index is 1.87. The average Bonchev–Trinajstić information content (AvgIpc) is 2.95. The first-order valence-corrected chi connectivity index (χ1v) is 10.3. The van der Waals surface area contributed by atoms with Crippen LogP contribution in [0.2, 0.25) is 0 Å². The number of sulfone groups is 1. The first-order chi connectivity index (χ1) is 12.3. The maximum atomic E-state index is 12.8. The highest BCUT2D eigenvalue weighted by molar-refractivity contribution is 7.91.